The normalized spacial score (nSPS) is 18.8. The van der Waals surface area contributed by atoms with Crippen LogP contribution in [-0.2, 0) is 11.3 Å². The first-order chi connectivity index (χ1) is 11.1. The summed E-state index contributed by atoms with van der Waals surface area (Å²) in [4.78, 5) is 17.2. The zero-order chi connectivity index (χ0) is 16.2. The lowest BCUT2D eigenvalue weighted by Gasteiger charge is -2.32. The standard InChI is InChI=1S/C16H20ClN5O/c1-21(2)16-19-4-3-14(20-16)15-11-22(5-6-23-15)10-12-7-13(17)9-18-8-12/h3-4,7-9,15H,5-6,10-11H2,1-2H3. The summed E-state index contributed by atoms with van der Waals surface area (Å²) in [7, 11) is 3.86. The Labute approximate surface area is 141 Å². The minimum atomic E-state index is -0.0439. The van der Waals surface area contributed by atoms with E-state index in [1.807, 2.05) is 37.3 Å². The third kappa shape index (κ3) is 4.16. The molecular weight excluding hydrogens is 314 g/mol. The molecule has 23 heavy (non-hydrogen) atoms. The highest BCUT2D eigenvalue weighted by Crippen LogP contribution is 2.23. The van der Waals surface area contributed by atoms with Gasteiger partial charge in [0, 0.05) is 52.3 Å². The van der Waals surface area contributed by atoms with E-state index in [1.165, 1.54) is 0 Å². The molecule has 3 rings (SSSR count). The van der Waals surface area contributed by atoms with Crippen LogP contribution in [0.5, 0.6) is 0 Å². The molecule has 1 unspecified atom stereocenters. The Bertz CT molecular complexity index is 666. The molecule has 6 nitrogen and oxygen atoms in total. The quantitative estimate of drug-likeness (QED) is 0.854. The average molecular weight is 334 g/mol. The summed E-state index contributed by atoms with van der Waals surface area (Å²) in [6.07, 6.45) is 5.24. The maximum absolute atomic E-state index is 6.01. The Balaban J connectivity index is 1.69. The summed E-state index contributed by atoms with van der Waals surface area (Å²) in [5.41, 5.74) is 2.02. The monoisotopic (exact) mass is 333 g/mol. The molecule has 122 valence electrons. The van der Waals surface area contributed by atoms with Crippen molar-refractivity contribution in [3.8, 4) is 0 Å². The fraction of sp³-hybridized carbons (Fsp3) is 0.438. The second-order valence-electron chi connectivity index (χ2n) is 5.78. The first kappa shape index (κ1) is 16.1. The smallest absolute Gasteiger partial charge is 0.225 e. The van der Waals surface area contributed by atoms with Gasteiger partial charge in [0.25, 0.3) is 0 Å². The molecule has 1 fully saturated rings. The van der Waals surface area contributed by atoms with Crippen LogP contribution in [0.25, 0.3) is 0 Å². The first-order valence-electron chi connectivity index (χ1n) is 7.55. The number of hydrogen-bond acceptors (Lipinski definition) is 6. The van der Waals surface area contributed by atoms with E-state index in [4.69, 9.17) is 16.3 Å². The number of hydrogen-bond donors (Lipinski definition) is 0. The van der Waals surface area contributed by atoms with Gasteiger partial charge in [-0.25, -0.2) is 9.97 Å². The zero-order valence-electron chi connectivity index (χ0n) is 13.3. The summed E-state index contributed by atoms with van der Waals surface area (Å²) in [5, 5.41) is 0.665. The third-order valence-electron chi connectivity index (χ3n) is 3.71. The molecule has 1 aliphatic rings. The summed E-state index contributed by atoms with van der Waals surface area (Å²) < 4.78 is 5.90. The average Bonchev–Trinajstić information content (AvgIpc) is 2.55. The molecule has 7 heteroatoms. The fourth-order valence-electron chi connectivity index (χ4n) is 2.58. The van der Waals surface area contributed by atoms with Crippen molar-refractivity contribution in [2.45, 2.75) is 12.6 Å². The van der Waals surface area contributed by atoms with Crippen molar-refractivity contribution in [1.29, 1.82) is 0 Å². The van der Waals surface area contributed by atoms with Crippen LogP contribution in [0.2, 0.25) is 5.02 Å². The van der Waals surface area contributed by atoms with Gasteiger partial charge >= 0.3 is 0 Å². The van der Waals surface area contributed by atoms with Crippen molar-refractivity contribution >= 4 is 17.5 Å². The van der Waals surface area contributed by atoms with Gasteiger partial charge in [0.2, 0.25) is 5.95 Å². The van der Waals surface area contributed by atoms with E-state index in [0.717, 1.165) is 30.9 Å². The molecule has 2 aromatic heterocycles. The molecule has 1 saturated heterocycles. The molecule has 0 spiro atoms. The molecular formula is C16H20ClN5O. The number of aromatic nitrogens is 3. The topological polar surface area (TPSA) is 54.4 Å². The van der Waals surface area contributed by atoms with Gasteiger partial charge < -0.3 is 9.64 Å². The van der Waals surface area contributed by atoms with E-state index in [0.29, 0.717) is 17.6 Å². The van der Waals surface area contributed by atoms with Crippen LogP contribution in [0.4, 0.5) is 5.95 Å². The van der Waals surface area contributed by atoms with Crippen molar-refractivity contribution in [1.82, 2.24) is 19.9 Å². The maximum Gasteiger partial charge on any atom is 0.225 e. The Hall–Kier alpha value is -1.76. The number of pyridine rings is 1. The fourth-order valence-corrected chi connectivity index (χ4v) is 2.78. The van der Waals surface area contributed by atoms with E-state index in [-0.39, 0.29) is 6.10 Å². The number of anilines is 1. The lowest BCUT2D eigenvalue weighted by Crippen LogP contribution is -2.38. The molecule has 0 bridgehead atoms. The van der Waals surface area contributed by atoms with Gasteiger partial charge in [0.05, 0.1) is 17.3 Å². The molecule has 1 aliphatic heterocycles. The van der Waals surface area contributed by atoms with Gasteiger partial charge in [-0.1, -0.05) is 11.6 Å². The highest BCUT2D eigenvalue weighted by molar-refractivity contribution is 6.30. The molecule has 0 saturated carbocycles. The predicted octanol–water partition coefficient (Wildman–Crippen LogP) is 2.16. The van der Waals surface area contributed by atoms with Gasteiger partial charge in [-0.3, -0.25) is 9.88 Å². The number of nitrogens with zero attached hydrogens (tertiary/aromatic N) is 5. The van der Waals surface area contributed by atoms with Gasteiger partial charge in [0.15, 0.2) is 0 Å². The largest absolute Gasteiger partial charge is 0.369 e. The molecule has 0 radical (unpaired) electrons. The molecule has 1 atom stereocenters. The maximum atomic E-state index is 6.01. The van der Waals surface area contributed by atoms with E-state index in [2.05, 4.69) is 19.9 Å². The SMILES string of the molecule is CN(C)c1nccc(C2CN(Cc3cncc(Cl)c3)CCO2)n1. The highest BCUT2D eigenvalue weighted by Gasteiger charge is 2.23. The molecule has 0 N–H and O–H groups in total. The van der Waals surface area contributed by atoms with Crippen molar-refractivity contribution in [3.63, 3.8) is 0 Å². The third-order valence-corrected chi connectivity index (χ3v) is 3.92. The number of ether oxygens (including phenoxy) is 1. The Morgan fingerprint density at radius 2 is 2.26 bits per heavy atom. The summed E-state index contributed by atoms with van der Waals surface area (Å²) in [6, 6.07) is 3.87. The lowest BCUT2D eigenvalue weighted by atomic mass is 10.2. The first-order valence-corrected chi connectivity index (χ1v) is 7.93. The summed E-state index contributed by atoms with van der Waals surface area (Å²) in [6.45, 7) is 3.16. The summed E-state index contributed by atoms with van der Waals surface area (Å²) in [5.74, 6) is 0.697. The summed E-state index contributed by atoms with van der Waals surface area (Å²) >= 11 is 6.01. The van der Waals surface area contributed by atoms with Crippen LogP contribution in [0, 0.1) is 0 Å². The van der Waals surface area contributed by atoms with Crippen molar-refractivity contribution < 1.29 is 4.74 Å². The molecule has 0 amide bonds. The van der Waals surface area contributed by atoms with E-state index in [9.17, 15) is 0 Å². The van der Waals surface area contributed by atoms with Crippen molar-refractivity contribution in [2.24, 2.45) is 0 Å². The van der Waals surface area contributed by atoms with E-state index < -0.39 is 0 Å². The molecule has 3 heterocycles. The van der Waals surface area contributed by atoms with Crippen LogP contribution < -0.4 is 4.90 Å². The Morgan fingerprint density at radius 3 is 3.04 bits per heavy atom. The van der Waals surface area contributed by atoms with Crippen molar-refractivity contribution in [2.75, 3.05) is 38.7 Å². The minimum absolute atomic E-state index is 0.0439. The van der Waals surface area contributed by atoms with Crippen LogP contribution in [0.3, 0.4) is 0 Å². The van der Waals surface area contributed by atoms with Gasteiger partial charge in [-0.2, -0.15) is 0 Å². The molecule has 0 aliphatic carbocycles. The van der Waals surface area contributed by atoms with Gasteiger partial charge in [-0.15, -0.1) is 0 Å². The molecule has 0 aromatic carbocycles. The predicted molar refractivity (Wildman–Crippen MR) is 89.6 cm³/mol. The minimum Gasteiger partial charge on any atom is -0.369 e. The number of rotatable bonds is 4. The number of morpholine rings is 1. The lowest BCUT2D eigenvalue weighted by molar-refractivity contribution is -0.0350. The Kier molecular flexibility index (Phi) is 5.05. The van der Waals surface area contributed by atoms with Crippen LogP contribution in [0.15, 0.2) is 30.7 Å². The van der Waals surface area contributed by atoms with Gasteiger partial charge in [0.1, 0.15) is 6.10 Å². The second kappa shape index (κ2) is 7.21. The van der Waals surface area contributed by atoms with E-state index in [1.54, 1.807) is 12.4 Å². The van der Waals surface area contributed by atoms with Crippen molar-refractivity contribution in [3.05, 3.63) is 47.0 Å². The molecule has 2 aromatic rings. The van der Waals surface area contributed by atoms with Crippen LogP contribution in [0.1, 0.15) is 17.4 Å². The van der Waals surface area contributed by atoms with E-state index >= 15 is 0 Å². The number of halogens is 1. The zero-order valence-corrected chi connectivity index (χ0v) is 14.1. The highest BCUT2D eigenvalue weighted by atomic mass is 35.5. The van der Waals surface area contributed by atoms with Crippen LogP contribution in [-0.4, -0.2) is 53.6 Å². The second-order valence-corrected chi connectivity index (χ2v) is 6.22. The van der Waals surface area contributed by atoms with Gasteiger partial charge in [-0.05, 0) is 17.7 Å². The Morgan fingerprint density at radius 1 is 1.39 bits per heavy atom. The van der Waals surface area contributed by atoms with Crippen LogP contribution >= 0.6 is 11.6 Å².